The molecule has 0 heterocycles. The molecule has 0 aliphatic heterocycles. The molecule has 0 aromatic heterocycles. The normalized spacial score (nSPS) is 15.2. The predicted molar refractivity (Wildman–Crippen MR) is 116 cm³/mol. The Morgan fingerprint density at radius 2 is 1.00 bits per heavy atom. The van der Waals surface area contributed by atoms with Crippen molar-refractivity contribution < 1.29 is 26.6 Å². The largest absolute Gasteiger partial charge is 0.518 e. The number of rotatable bonds is 18. The molecule has 8 nitrogen and oxygen atoms in total. The van der Waals surface area contributed by atoms with Gasteiger partial charge < -0.3 is 32.3 Å². The van der Waals surface area contributed by atoms with Crippen LogP contribution in [0.4, 0.5) is 0 Å². The fraction of sp³-hybridized carbons (Fsp3) is 1.00. The fourth-order valence-electron chi connectivity index (χ4n) is 4.01. The zero-order valence-corrected chi connectivity index (χ0v) is 21.3. The van der Waals surface area contributed by atoms with Gasteiger partial charge in [0, 0.05) is 42.7 Å². The zero-order valence-electron chi connectivity index (χ0n) is 19.3. The highest BCUT2D eigenvalue weighted by Crippen LogP contribution is 2.29. The lowest BCUT2D eigenvalue weighted by Crippen LogP contribution is -2.69. The van der Waals surface area contributed by atoms with Crippen LogP contribution < -0.4 is 5.73 Å². The van der Waals surface area contributed by atoms with E-state index < -0.39 is 17.6 Å². The molecule has 28 heavy (non-hydrogen) atoms. The maximum Gasteiger partial charge on any atom is 0.518 e. The van der Waals surface area contributed by atoms with Gasteiger partial charge in [0.25, 0.3) is 0 Å². The van der Waals surface area contributed by atoms with Crippen LogP contribution in [-0.2, 0) is 26.6 Å². The molecule has 0 radical (unpaired) electrons. The van der Waals surface area contributed by atoms with Gasteiger partial charge in [-0.3, -0.25) is 4.90 Å². The van der Waals surface area contributed by atoms with Gasteiger partial charge in [-0.15, -0.1) is 0 Å². The summed E-state index contributed by atoms with van der Waals surface area (Å²) in [7, 11) is 4.14. The van der Waals surface area contributed by atoms with Crippen LogP contribution in [0, 0.1) is 0 Å². The van der Waals surface area contributed by atoms with Crippen LogP contribution in [0.25, 0.3) is 0 Å². The van der Waals surface area contributed by atoms with Gasteiger partial charge >= 0.3 is 17.6 Å². The van der Waals surface area contributed by atoms with Crippen molar-refractivity contribution in [2.24, 2.45) is 5.73 Å². The molecule has 0 saturated heterocycles. The smallest absolute Gasteiger partial charge is 0.376 e. The van der Waals surface area contributed by atoms with Crippen molar-refractivity contribution >= 4 is 17.6 Å². The second kappa shape index (κ2) is 15.0. The summed E-state index contributed by atoms with van der Waals surface area (Å²) >= 11 is 0. The Labute approximate surface area is 174 Å². The molecule has 0 spiro atoms. The highest BCUT2D eigenvalue weighted by Gasteiger charge is 2.57. The molecule has 0 aromatic carbocycles. The first-order valence-electron chi connectivity index (χ1n) is 10.2. The summed E-state index contributed by atoms with van der Waals surface area (Å²) in [5, 5.41) is 0. The van der Waals surface area contributed by atoms with E-state index in [1.807, 2.05) is 0 Å². The minimum Gasteiger partial charge on any atom is -0.376 e. The van der Waals surface area contributed by atoms with Gasteiger partial charge in [-0.25, -0.2) is 0 Å². The zero-order chi connectivity index (χ0) is 21.6. The fourth-order valence-corrected chi connectivity index (χ4v) is 9.22. The molecular weight excluding hydrogens is 396 g/mol. The lowest BCUT2D eigenvalue weighted by Gasteiger charge is -2.46. The third-order valence-electron chi connectivity index (χ3n) is 5.47. The van der Waals surface area contributed by atoms with Gasteiger partial charge in [-0.2, -0.15) is 0 Å². The van der Waals surface area contributed by atoms with E-state index >= 15 is 0 Å². The molecule has 0 bridgehead atoms. The minimum absolute atomic E-state index is 0.0284. The van der Waals surface area contributed by atoms with Crippen LogP contribution >= 0.6 is 0 Å². The molecule has 0 saturated carbocycles. The third-order valence-corrected chi connectivity index (χ3v) is 12.0. The molecule has 0 aromatic rings. The lowest BCUT2D eigenvalue weighted by molar-refractivity contribution is 0.0330. The summed E-state index contributed by atoms with van der Waals surface area (Å²) in [4.78, 5) is 2.40. The summed E-state index contributed by atoms with van der Waals surface area (Å²) in [5.74, 6) is 0. The van der Waals surface area contributed by atoms with Gasteiger partial charge in [0.15, 0.2) is 0 Å². The third kappa shape index (κ3) is 6.83. The number of nitrogens with two attached hydrogens (primary N) is 1. The maximum absolute atomic E-state index is 5.85. The van der Waals surface area contributed by atoms with Gasteiger partial charge in [0.1, 0.15) is 0 Å². The Hall–Kier alpha value is 0.114. The molecule has 0 amide bonds. The predicted octanol–water partition coefficient (Wildman–Crippen LogP) is 2.20. The van der Waals surface area contributed by atoms with Crippen molar-refractivity contribution in [1.29, 1.82) is 0 Å². The minimum atomic E-state index is -2.92. The Morgan fingerprint density at radius 1 is 0.643 bits per heavy atom. The number of nitrogens with zero attached hydrogens (tertiary/aromatic N) is 1. The molecule has 2 atom stereocenters. The van der Waals surface area contributed by atoms with Gasteiger partial charge in [-0.05, 0) is 38.8 Å². The van der Waals surface area contributed by atoms with E-state index in [2.05, 4.69) is 18.7 Å². The summed E-state index contributed by atoms with van der Waals surface area (Å²) in [6, 6.07) is 0. The highest BCUT2D eigenvalue weighted by atomic mass is 28.4. The monoisotopic (exact) mass is 440 g/mol. The van der Waals surface area contributed by atoms with Crippen molar-refractivity contribution in [1.82, 2.24) is 4.90 Å². The average molecular weight is 441 g/mol. The SMILES string of the molecule is CCC(N(CCCCCCN)C(CC)[Si](OC)(OC)OC)[Si](OC)(OC)OC. The first-order valence-corrected chi connectivity index (χ1v) is 13.8. The second-order valence-electron chi connectivity index (χ2n) is 6.72. The van der Waals surface area contributed by atoms with Gasteiger partial charge in [0.2, 0.25) is 0 Å². The van der Waals surface area contributed by atoms with Crippen LogP contribution in [0.5, 0.6) is 0 Å². The quantitative estimate of drug-likeness (QED) is 0.256. The van der Waals surface area contributed by atoms with Crippen molar-refractivity contribution in [2.75, 3.05) is 55.7 Å². The molecule has 10 heteroatoms. The summed E-state index contributed by atoms with van der Waals surface area (Å²) in [6.07, 6.45) is 5.97. The Morgan fingerprint density at radius 3 is 1.29 bits per heavy atom. The molecule has 2 N–H and O–H groups in total. The highest BCUT2D eigenvalue weighted by molar-refractivity contribution is 6.64. The van der Waals surface area contributed by atoms with Crippen LogP contribution in [0.15, 0.2) is 0 Å². The van der Waals surface area contributed by atoms with E-state index in [1.54, 1.807) is 42.7 Å². The maximum atomic E-state index is 5.85. The van der Waals surface area contributed by atoms with Crippen molar-refractivity contribution in [2.45, 2.75) is 63.7 Å². The standard InChI is InChI=1S/C18H44N2O6Si2/c1-9-17(27(21-3,22-4)23-5)20(16-14-12-11-13-15-19)18(10-2)28(24-6,25-7)26-8/h17-18H,9-16,19H2,1-8H3. The van der Waals surface area contributed by atoms with Gasteiger partial charge in [-0.1, -0.05) is 26.7 Å². The lowest BCUT2D eigenvalue weighted by atomic mass is 10.2. The Bertz CT molecular complexity index is 343. The van der Waals surface area contributed by atoms with Crippen molar-refractivity contribution in [3.63, 3.8) is 0 Å². The van der Waals surface area contributed by atoms with Crippen LogP contribution in [0.2, 0.25) is 0 Å². The summed E-state index contributed by atoms with van der Waals surface area (Å²) in [5.41, 5.74) is 5.58. The van der Waals surface area contributed by atoms with E-state index in [4.69, 9.17) is 32.3 Å². The summed E-state index contributed by atoms with van der Waals surface area (Å²) in [6.45, 7) is 5.86. The van der Waals surface area contributed by atoms with Crippen LogP contribution in [0.3, 0.4) is 0 Å². The second-order valence-corrected chi connectivity index (χ2v) is 12.9. The molecule has 170 valence electrons. The van der Waals surface area contributed by atoms with E-state index in [1.165, 1.54) is 0 Å². The molecule has 0 fully saturated rings. The van der Waals surface area contributed by atoms with E-state index in [0.29, 0.717) is 0 Å². The van der Waals surface area contributed by atoms with E-state index in [-0.39, 0.29) is 11.3 Å². The first kappa shape index (κ1) is 28.1. The molecule has 0 rings (SSSR count). The first-order chi connectivity index (χ1) is 13.5. The van der Waals surface area contributed by atoms with E-state index in [9.17, 15) is 0 Å². The molecule has 0 aliphatic carbocycles. The molecule has 2 unspecified atom stereocenters. The van der Waals surface area contributed by atoms with Gasteiger partial charge in [0.05, 0.1) is 11.3 Å². The number of hydrogen-bond donors (Lipinski definition) is 1. The van der Waals surface area contributed by atoms with Crippen molar-refractivity contribution in [3.05, 3.63) is 0 Å². The Balaban J connectivity index is 5.92. The number of unbranched alkanes of at least 4 members (excludes halogenated alkanes) is 3. The van der Waals surface area contributed by atoms with Crippen LogP contribution in [-0.4, -0.2) is 89.6 Å². The topological polar surface area (TPSA) is 84.6 Å². The average Bonchev–Trinajstić information content (AvgIpc) is 2.74. The number of hydrogen-bond acceptors (Lipinski definition) is 8. The van der Waals surface area contributed by atoms with Crippen molar-refractivity contribution in [3.8, 4) is 0 Å². The molecular formula is C18H44N2O6Si2. The van der Waals surface area contributed by atoms with E-state index in [0.717, 1.165) is 51.6 Å². The molecule has 0 aliphatic rings. The Kier molecular flexibility index (Phi) is 15.1. The summed E-state index contributed by atoms with van der Waals surface area (Å²) < 4.78 is 35.1. The van der Waals surface area contributed by atoms with Crippen LogP contribution in [0.1, 0.15) is 52.4 Å².